The van der Waals surface area contributed by atoms with Gasteiger partial charge in [0.2, 0.25) is 11.8 Å². The molecule has 0 bridgehead atoms. The van der Waals surface area contributed by atoms with Gasteiger partial charge in [-0.2, -0.15) is 0 Å². The number of methoxy groups -OCH3 is 2. The SMILES string of the molecule is COc1ccc(N2CC(C(=O)N(C)CCCC(=O)O)CC2=O)cc1OC. The molecular formula is C18H24N2O6. The number of carbonyl (C=O) groups is 3. The van der Waals surface area contributed by atoms with Crippen LogP contribution < -0.4 is 14.4 Å². The van der Waals surface area contributed by atoms with Crippen molar-refractivity contribution in [3.63, 3.8) is 0 Å². The number of anilines is 1. The second-order valence-corrected chi connectivity index (χ2v) is 6.20. The number of hydrogen-bond donors (Lipinski definition) is 1. The largest absolute Gasteiger partial charge is 0.493 e. The first kappa shape index (κ1) is 19.6. The summed E-state index contributed by atoms with van der Waals surface area (Å²) in [4.78, 5) is 38.5. The van der Waals surface area contributed by atoms with Gasteiger partial charge in [-0.1, -0.05) is 0 Å². The normalized spacial score (nSPS) is 16.5. The number of ether oxygens (including phenoxy) is 2. The Hall–Kier alpha value is -2.77. The molecule has 0 aromatic heterocycles. The summed E-state index contributed by atoms with van der Waals surface area (Å²) >= 11 is 0. The topological polar surface area (TPSA) is 96.4 Å². The van der Waals surface area contributed by atoms with Gasteiger partial charge in [0.25, 0.3) is 0 Å². The van der Waals surface area contributed by atoms with E-state index in [1.54, 1.807) is 30.1 Å². The number of aliphatic carboxylic acids is 1. The van der Waals surface area contributed by atoms with Crippen molar-refractivity contribution in [2.45, 2.75) is 19.3 Å². The molecule has 142 valence electrons. The maximum atomic E-state index is 12.5. The lowest BCUT2D eigenvalue weighted by Crippen LogP contribution is -2.35. The molecule has 2 amide bonds. The van der Waals surface area contributed by atoms with Crippen molar-refractivity contribution in [1.29, 1.82) is 0 Å². The Balaban J connectivity index is 2.03. The number of hydrogen-bond acceptors (Lipinski definition) is 5. The summed E-state index contributed by atoms with van der Waals surface area (Å²) in [5.41, 5.74) is 0.650. The van der Waals surface area contributed by atoms with E-state index < -0.39 is 11.9 Å². The first-order chi connectivity index (χ1) is 12.4. The minimum absolute atomic E-state index is 0.0129. The molecule has 1 heterocycles. The van der Waals surface area contributed by atoms with E-state index in [2.05, 4.69) is 0 Å². The van der Waals surface area contributed by atoms with Gasteiger partial charge in [0.05, 0.1) is 20.1 Å². The Morgan fingerprint density at radius 3 is 2.58 bits per heavy atom. The van der Waals surface area contributed by atoms with Gasteiger partial charge in [-0.15, -0.1) is 0 Å². The van der Waals surface area contributed by atoms with Crippen molar-refractivity contribution >= 4 is 23.5 Å². The monoisotopic (exact) mass is 364 g/mol. The van der Waals surface area contributed by atoms with E-state index in [9.17, 15) is 14.4 Å². The lowest BCUT2D eigenvalue weighted by atomic mass is 10.1. The van der Waals surface area contributed by atoms with Crippen LogP contribution in [0.2, 0.25) is 0 Å². The van der Waals surface area contributed by atoms with Crippen molar-refractivity contribution in [2.24, 2.45) is 5.92 Å². The molecule has 0 spiro atoms. The third-order valence-corrected chi connectivity index (χ3v) is 4.41. The number of carboxylic acids is 1. The molecule has 1 aromatic carbocycles. The lowest BCUT2D eigenvalue weighted by Gasteiger charge is -2.21. The minimum Gasteiger partial charge on any atom is -0.493 e. The number of rotatable bonds is 8. The summed E-state index contributed by atoms with van der Waals surface area (Å²) in [6.45, 7) is 0.641. The molecule has 1 aliphatic heterocycles. The zero-order valence-corrected chi connectivity index (χ0v) is 15.2. The molecule has 0 aliphatic carbocycles. The molecule has 2 rings (SSSR count). The van der Waals surface area contributed by atoms with Gasteiger partial charge in [0.1, 0.15) is 0 Å². The molecule has 1 saturated heterocycles. The quantitative estimate of drug-likeness (QED) is 0.749. The molecule has 8 heteroatoms. The zero-order chi connectivity index (χ0) is 19.3. The first-order valence-electron chi connectivity index (χ1n) is 8.36. The summed E-state index contributed by atoms with van der Waals surface area (Å²) in [6, 6.07) is 5.18. The Morgan fingerprint density at radius 1 is 1.27 bits per heavy atom. The minimum atomic E-state index is -0.887. The number of carboxylic acid groups (broad SMARTS) is 1. The average molecular weight is 364 g/mol. The molecule has 0 radical (unpaired) electrons. The summed E-state index contributed by atoms with van der Waals surface area (Å²) < 4.78 is 10.5. The van der Waals surface area contributed by atoms with Crippen LogP contribution in [0.1, 0.15) is 19.3 Å². The first-order valence-corrected chi connectivity index (χ1v) is 8.36. The van der Waals surface area contributed by atoms with Crippen LogP contribution >= 0.6 is 0 Å². The highest BCUT2D eigenvalue weighted by molar-refractivity contribution is 6.00. The van der Waals surface area contributed by atoms with E-state index in [1.807, 2.05) is 0 Å². The fourth-order valence-corrected chi connectivity index (χ4v) is 3.00. The number of carbonyl (C=O) groups excluding carboxylic acids is 2. The van der Waals surface area contributed by atoms with Gasteiger partial charge in [-0.25, -0.2) is 0 Å². The summed E-state index contributed by atoms with van der Waals surface area (Å²) in [5, 5.41) is 8.68. The van der Waals surface area contributed by atoms with Crippen LogP contribution in [0.25, 0.3) is 0 Å². The van der Waals surface area contributed by atoms with E-state index in [0.29, 0.717) is 30.2 Å². The van der Waals surface area contributed by atoms with E-state index >= 15 is 0 Å². The van der Waals surface area contributed by atoms with Crippen molar-refractivity contribution < 1.29 is 29.0 Å². The van der Waals surface area contributed by atoms with Crippen LogP contribution in [-0.4, -0.2) is 62.1 Å². The van der Waals surface area contributed by atoms with Crippen LogP contribution in [-0.2, 0) is 14.4 Å². The Labute approximate surface area is 152 Å². The zero-order valence-electron chi connectivity index (χ0n) is 15.2. The third-order valence-electron chi connectivity index (χ3n) is 4.41. The van der Waals surface area contributed by atoms with Gasteiger partial charge >= 0.3 is 5.97 Å². The van der Waals surface area contributed by atoms with E-state index in [4.69, 9.17) is 14.6 Å². The summed E-state index contributed by atoms with van der Waals surface area (Å²) in [5.74, 6) is -0.528. The van der Waals surface area contributed by atoms with Crippen molar-refractivity contribution in [1.82, 2.24) is 4.90 Å². The Bertz CT molecular complexity index is 690. The fraction of sp³-hybridized carbons (Fsp3) is 0.500. The van der Waals surface area contributed by atoms with Crippen LogP contribution in [0, 0.1) is 5.92 Å². The molecule has 1 fully saturated rings. The predicted molar refractivity (Wildman–Crippen MR) is 94.5 cm³/mol. The van der Waals surface area contributed by atoms with Crippen molar-refractivity contribution in [3.05, 3.63) is 18.2 Å². The molecule has 1 N–H and O–H groups in total. The summed E-state index contributed by atoms with van der Waals surface area (Å²) in [7, 11) is 4.69. The summed E-state index contributed by atoms with van der Waals surface area (Å²) in [6.07, 6.45) is 0.535. The van der Waals surface area contributed by atoms with Crippen molar-refractivity contribution in [2.75, 3.05) is 39.3 Å². The molecule has 1 aliphatic rings. The van der Waals surface area contributed by atoms with Crippen molar-refractivity contribution in [3.8, 4) is 11.5 Å². The molecule has 1 atom stereocenters. The smallest absolute Gasteiger partial charge is 0.303 e. The lowest BCUT2D eigenvalue weighted by molar-refractivity contribution is -0.138. The van der Waals surface area contributed by atoms with Crippen LogP contribution in [0.15, 0.2) is 18.2 Å². The molecule has 0 saturated carbocycles. The average Bonchev–Trinajstić information content (AvgIpc) is 3.01. The van der Waals surface area contributed by atoms with E-state index in [1.165, 1.54) is 19.1 Å². The second kappa shape index (κ2) is 8.55. The van der Waals surface area contributed by atoms with E-state index in [0.717, 1.165) is 0 Å². The third kappa shape index (κ3) is 4.44. The van der Waals surface area contributed by atoms with Gasteiger partial charge in [-0.3, -0.25) is 14.4 Å². The predicted octanol–water partition coefficient (Wildman–Crippen LogP) is 1.38. The van der Waals surface area contributed by atoms with Gasteiger partial charge < -0.3 is 24.4 Å². The van der Waals surface area contributed by atoms with Crippen LogP contribution in [0.5, 0.6) is 11.5 Å². The molecule has 26 heavy (non-hydrogen) atoms. The van der Waals surface area contributed by atoms with E-state index in [-0.39, 0.29) is 31.2 Å². The maximum Gasteiger partial charge on any atom is 0.303 e. The number of benzene rings is 1. The van der Waals surface area contributed by atoms with Crippen LogP contribution in [0.3, 0.4) is 0 Å². The molecule has 1 unspecified atom stereocenters. The molecule has 8 nitrogen and oxygen atoms in total. The fourth-order valence-electron chi connectivity index (χ4n) is 3.00. The van der Waals surface area contributed by atoms with Crippen LogP contribution in [0.4, 0.5) is 5.69 Å². The molecular weight excluding hydrogens is 340 g/mol. The standard InChI is InChI=1S/C18H24N2O6/c1-19(8-4-5-17(22)23)18(24)12-9-16(21)20(11-12)13-6-7-14(25-2)15(10-13)26-3/h6-7,10,12H,4-5,8-9,11H2,1-3H3,(H,22,23). The van der Waals surface area contributed by atoms with Gasteiger partial charge in [0.15, 0.2) is 11.5 Å². The van der Waals surface area contributed by atoms with Gasteiger partial charge in [0, 0.05) is 44.7 Å². The maximum absolute atomic E-state index is 12.5. The Morgan fingerprint density at radius 2 is 1.96 bits per heavy atom. The second-order valence-electron chi connectivity index (χ2n) is 6.20. The Kier molecular flexibility index (Phi) is 6.43. The highest BCUT2D eigenvalue weighted by Gasteiger charge is 2.36. The number of nitrogens with zero attached hydrogens (tertiary/aromatic N) is 2. The highest BCUT2D eigenvalue weighted by Crippen LogP contribution is 2.34. The highest BCUT2D eigenvalue weighted by atomic mass is 16.5. The number of amides is 2. The molecule has 1 aromatic rings. The van der Waals surface area contributed by atoms with Gasteiger partial charge in [-0.05, 0) is 18.6 Å².